The van der Waals surface area contributed by atoms with Crippen molar-refractivity contribution >= 4 is 38.6 Å². The molecule has 1 N–H and O–H groups in total. The van der Waals surface area contributed by atoms with Gasteiger partial charge in [-0.3, -0.25) is 18.9 Å². The summed E-state index contributed by atoms with van der Waals surface area (Å²) in [5, 5.41) is 9.32. The molecule has 1 aromatic carbocycles. The largest absolute Gasteiger partial charge is 0.480 e. The van der Waals surface area contributed by atoms with Gasteiger partial charge in [-0.05, 0) is 31.0 Å². The number of pyridine rings is 1. The number of piperidine rings is 1. The molecule has 30 heavy (non-hydrogen) atoms. The number of carboxylic acids is 1. The summed E-state index contributed by atoms with van der Waals surface area (Å²) < 4.78 is 30.0. The van der Waals surface area contributed by atoms with Gasteiger partial charge in [0.2, 0.25) is 10.0 Å². The summed E-state index contributed by atoms with van der Waals surface area (Å²) in [5.41, 5.74) is 0.590. The Bertz CT molecular complexity index is 1280. The van der Waals surface area contributed by atoms with E-state index in [0.717, 1.165) is 0 Å². The van der Waals surface area contributed by atoms with E-state index in [4.69, 9.17) is 16.7 Å². The normalized spacial score (nSPS) is 16.2. The molecule has 0 bridgehead atoms. The minimum absolute atomic E-state index is 0.0615. The number of aliphatic carboxylic acids is 1. The zero-order chi connectivity index (χ0) is 21.5. The Morgan fingerprint density at radius 1 is 1.17 bits per heavy atom. The van der Waals surface area contributed by atoms with Crippen molar-refractivity contribution in [1.82, 2.24) is 18.4 Å². The van der Waals surface area contributed by atoms with E-state index in [9.17, 15) is 18.0 Å². The first-order valence-electron chi connectivity index (χ1n) is 9.32. The molecule has 0 amide bonds. The summed E-state index contributed by atoms with van der Waals surface area (Å²) in [5.74, 6) is -1.12. The number of fused-ring (bicyclic) bond motifs is 1. The lowest BCUT2D eigenvalue weighted by Crippen LogP contribution is -2.41. The molecule has 4 rings (SSSR count). The summed E-state index contributed by atoms with van der Waals surface area (Å²) in [4.78, 5) is 28.2. The highest BCUT2D eigenvalue weighted by Crippen LogP contribution is 2.30. The number of nitrogens with zero attached hydrogens (tertiary/aromatic N) is 4. The number of aromatic nitrogens is 3. The lowest BCUT2D eigenvalue weighted by atomic mass is 10.1. The van der Waals surface area contributed by atoms with Gasteiger partial charge in [-0.25, -0.2) is 13.2 Å². The molecule has 3 heterocycles. The Morgan fingerprint density at radius 2 is 1.87 bits per heavy atom. The van der Waals surface area contributed by atoms with Crippen molar-refractivity contribution in [2.75, 3.05) is 13.1 Å². The molecule has 9 nitrogen and oxygen atoms in total. The topological polar surface area (TPSA) is 114 Å². The second-order valence-electron chi connectivity index (χ2n) is 7.06. The van der Waals surface area contributed by atoms with Crippen LogP contribution in [0.5, 0.6) is 0 Å². The van der Waals surface area contributed by atoms with Crippen LogP contribution in [-0.4, -0.2) is 51.0 Å². The quantitative estimate of drug-likeness (QED) is 0.635. The van der Waals surface area contributed by atoms with E-state index < -0.39 is 28.2 Å². The van der Waals surface area contributed by atoms with Gasteiger partial charge in [-0.15, -0.1) is 0 Å². The van der Waals surface area contributed by atoms with Gasteiger partial charge in [0, 0.05) is 25.3 Å². The van der Waals surface area contributed by atoms with Gasteiger partial charge in [0.25, 0.3) is 0 Å². The smallest absolute Gasteiger partial charge is 0.329 e. The van der Waals surface area contributed by atoms with Crippen LogP contribution >= 0.6 is 11.6 Å². The molecule has 0 saturated carbocycles. The molecule has 1 saturated heterocycles. The molecule has 1 fully saturated rings. The highest BCUT2D eigenvalue weighted by molar-refractivity contribution is 7.89. The first kappa shape index (κ1) is 20.6. The van der Waals surface area contributed by atoms with E-state index in [1.165, 1.54) is 27.2 Å². The molecule has 11 heteroatoms. The third-order valence-corrected chi connectivity index (χ3v) is 7.70. The van der Waals surface area contributed by atoms with Gasteiger partial charge in [0.05, 0.1) is 22.3 Å². The zero-order valence-electron chi connectivity index (χ0n) is 15.8. The van der Waals surface area contributed by atoms with Gasteiger partial charge < -0.3 is 5.11 Å². The fourth-order valence-corrected chi connectivity index (χ4v) is 5.86. The van der Waals surface area contributed by atoms with Gasteiger partial charge in [-0.1, -0.05) is 23.7 Å². The second-order valence-corrected chi connectivity index (χ2v) is 9.38. The highest BCUT2D eigenvalue weighted by atomic mass is 35.5. The van der Waals surface area contributed by atoms with Crippen LogP contribution in [-0.2, 0) is 21.4 Å². The third kappa shape index (κ3) is 3.51. The van der Waals surface area contributed by atoms with E-state index in [1.54, 1.807) is 29.0 Å². The van der Waals surface area contributed by atoms with Crippen LogP contribution in [0.2, 0.25) is 5.02 Å². The van der Waals surface area contributed by atoms with E-state index in [2.05, 4.69) is 4.98 Å². The zero-order valence-corrected chi connectivity index (χ0v) is 17.4. The van der Waals surface area contributed by atoms with Crippen molar-refractivity contribution in [3.05, 3.63) is 58.2 Å². The molecule has 0 atom stereocenters. The van der Waals surface area contributed by atoms with Crippen molar-refractivity contribution in [2.45, 2.75) is 30.3 Å². The minimum Gasteiger partial charge on any atom is -0.480 e. The van der Waals surface area contributed by atoms with Crippen molar-refractivity contribution in [1.29, 1.82) is 0 Å². The van der Waals surface area contributed by atoms with E-state index >= 15 is 0 Å². The molecule has 0 unspecified atom stereocenters. The molecule has 0 spiro atoms. The van der Waals surface area contributed by atoms with Crippen molar-refractivity contribution < 1.29 is 18.3 Å². The number of hydrogen-bond acceptors (Lipinski definition) is 5. The number of sulfonamides is 1. The maximum Gasteiger partial charge on any atom is 0.329 e. The van der Waals surface area contributed by atoms with E-state index in [-0.39, 0.29) is 29.0 Å². The molecule has 2 aromatic heterocycles. The molecule has 1 aliphatic rings. The number of benzene rings is 1. The number of carbonyl (C=O) groups is 1. The Hall–Kier alpha value is -2.69. The van der Waals surface area contributed by atoms with Crippen LogP contribution in [0.15, 0.2) is 52.4 Å². The SMILES string of the molecule is O=C(O)Cn1c(=O)n(C2CCN(S(=O)(=O)c3ccccc3Cl)CC2)c2ccncc21. The highest BCUT2D eigenvalue weighted by Gasteiger charge is 2.32. The third-order valence-electron chi connectivity index (χ3n) is 5.30. The standard InChI is InChI=1S/C19H19ClN4O5S/c20-14-3-1-2-4-17(14)30(28,29)22-9-6-13(7-10-22)24-15-5-8-21-11-16(15)23(19(24)27)12-18(25)26/h1-5,8,11,13H,6-7,9-10,12H2,(H,25,26). The van der Waals surface area contributed by atoms with Gasteiger partial charge in [0.15, 0.2) is 0 Å². The lowest BCUT2D eigenvalue weighted by molar-refractivity contribution is -0.137. The van der Waals surface area contributed by atoms with Gasteiger partial charge in [0.1, 0.15) is 11.4 Å². The Morgan fingerprint density at radius 3 is 2.53 bits per heavy atom. The van der Waals surface area contributed by atoms with Crippen molar-refractivity contribution in [2.24, 2.45) is 0 Å². The summed E-state index contributed by atoms with van der Waals surface area (Å²) in [7, 11) is -3.74. The first-order chi connectivity index (χ1) is 14.3. The van der Waals surface area contributed by atoms with Crippen molar-refractivity contribution in [3.63, 3.8) is 0 Å². The van der Waals surface area contributed by atoms with Crippen LogP contribution in [0.4, 0.5) is 0 Å². The second kappa shape index (κ2) is 7.86. The van der Waals surface area contributed by atoms with Crippen molar-refractivity contribution in [3.8, 4) is 0 Å². The Balaban J connectivity index is 1.63. The predicted molar refractivity (Wildman–Crippen MR) is 110 cm³/mol. The number of rotatable bonds is 5. The first-order valence-corrected chi connectivity index (χ1v) is 11.1. The molecule has 1 aliphatic heterocycles. The number of imidazole rings is 1. The minimum atomic E-state index is -3.74. The van der Waals surface area contributed by atoms with Crippen LogP contribution < -0.4 is 5.69 Å². The van der Waals surface area contributed by atoms with Crippen LogP contribution in [0.1, 0.15) is 18.9 Å². The number of halogens is 1. The molecule has 0 radical (unpaired) electrons. The van der Waals surface area contributed by atoms with Crippen LogP contribution in [0.25, 0.3) is 11.0 Å². The number of hydrogen-bond donors (Lipinski definition) is 1. The Kier molecular flexibility index (Phi) is 5.39. The molecular weight excluding hydrogens is 432 g/mol. The summed E-state index contributed by atoms with van der Waals surface area (Å²) >= 11 is 6.08. The van der Waals surface area contributed by atoms with Crippen LogP contribution in [0, 0.1) is 0 Å². The maximum absolute atomic E-state index is 13.0. The van der Waals surface area contributed by atoms with Crippen LogP contribution in [0.3, 0.4) is 0 Å². The fraction of sp³-hybridized carbons (Fsp3) is 0.316. The monoisotopic (exact) mass is 450 g/mol. The Labute approximate surface area is 177 Å². The molecular formula is C19H19ClN4O5S. The maximum atomic E-state index is 13.0. The molecule has 158 valence electrons. The molecule has 3 aromatic rings. The van der Waals surface area contributed by atoms with E-state index in [1.807, 2.05) is 0 Å². The average molecular weight is 451 g/mol. The van der Waals surface area contributed by atoms with Gasteiger partial charge in [-0.2, -0.15) is 4.31 Å². The number of carboxylic acid groups (broad SMARTS) is 1. The fourth-order valence-electron chi connectivity index (χ4n) is 3.90. The average Bonchev–Trinajstić information content (AvgIpc) is 2.99. The summed E-state index contributed by atoms with van der Waals surface area (Å²) in [6.45, 7) is -0.0174. The van der Waals surface area contributed by atoms with Gasteiger partial charge >= 0.3 is 11.7 Å². The summed E-state index contributed by atoms with van der Waals surface area (Å²) in [6, 6.07) is 7.71. The van der Waals surface area contributed by atoms with E-state index in [0.29, 0.717) is 23.9 Å². The lowest BCUT2D eigenvalue weighted by Gasteiger charge is -2.32. The summed E-state index contributed by atoms with van der Waals surface area (Å²) in [6.07, 6.45) is 3.84. The molecule has 0 aliphatic carbocycles. The predicted octanol–water partition coefficient (Wildman–Crippen LogP) is 1.96.